The van der Waals surface area contributed by atoms with E-state index in [1.54, 1.807) is 84.9 Å². The first-order chi connectivity index (χ1) is 34.3. The van der Waals surface area contributed by atoms with Gasteiger partial charge in [0.15, 0.2) is 11.5 Å². The van der Waals surface area contributed by atoms with E-state index in [9.17, 15) is 30.0 Å². The van der Waals surface area contributed by atoms with E-state index in [2.05, 4.69) is 31.1 Å². The maximum atomic E-state index is 12.8. The smallest absolute Gasteiger partial charge is 0.259 e. The Hall–Kier alpha value is -7.86. The first-order valence-electron chi connectivity index (χ1n) is 23.9. The van der Waals surface area contributed by atoms with Gasteiger partial charge in [0.2, 0.25) is 0 Å². The third-order valence-electron chi connectivity index (χ3n) is 8.82. The van der Waals surface area contributed by atoms with Crippen molar-refractivity contribution in [1.29, 1.82) is 0 Å². The van der Waals surface area contributed by atoms with Crippen LogP contribution in [-0.4, -0.2) is 32.2 Å². The predicted octanol–water partition coefficient (Wildman–Crippen LogP) is 18.0. The van der Waals surface area contributed by atoms with Gasteiger partial charge in [0.1, 0.15) is 34.2 Å². The Morgan fingerprint density at radius 1 is 0.366 bits per heavy atom. The number of nitrogens with one attached hydrogen (secondary N) is 2. The number of amides is 2. The van der Waals surface area contributed by atoms with Gasteiger partial charge in [-0.25, -0.2) is 0 Å². The van der Waals surface area contributed by atoms with E-state index in [0.29, 0.717) is 22.1 Å². The number of hydrogen-bond donors (Lipinski definition) is 6. The number of nitrogens with zero attached hydrogens (tertiary/aromatic N) is 4. The fraction of sp³-hybridized carbons (Fsp3) is 0.207. The van der Waals surface area contributed by atoms with Crippen molar-refractivity contribution in [3.05, 3.63) is 181 Å². The molecule has 0 atom stereocenters. The van der Waals surface area contributed by atoms with Crippen molar-refractivity contribution in [1.82, 2.24) is 0 Å². The molecule has 71 heavy (non-hydrogen) atoms. The molecule has 12 nitrogen and oxygen atoms in total. The van der Waals surface area contributed by atoms with Gasteiger partial charge in [0.25, 0.3) is 11.8 Å². The van der Waals surface area contributed by atoms with Crippen LogP contribution in [0.15, 0.2) is 190 Å². The van der Waals surface area contributed by atoms with E-state index in [4.69, 9.17) is 0 Å². The van der Waals surface area contributed by atoms with Crippen LogP contribution in [0.5, 0.6) is 23.0 Å². The molecule has 0 unspecified atom stereocenters. The third-order valence-corrected chi connectivity index (χ3v) is 8.82. The summed E-state index contributed by atoms with van der Waals surface area (Å²) in [6.07, 6.45) is 0. The van der Waals surface area contributed by atoms with Crippen LogP contribution in [0.4, 0.5) is 34.1 Å². The Balaban J connectivity index is 0.00000113. The van der Waals surface area contributed by atoms with Gasteiger partial charge in [0, 0.05) is 39.2 Å². The summed E-state index contributed by atoms with van der Waals surface area (Å²) < 4.78 is 0. The summed E-state index contributed by atoms with van der Waals surface area (Å²) in [4.78, 5) is 25.6. The zero-order valence-electron chi connectivity index (χ0n) is 42.9. The Bertz CT molecular complexity index is 2650. The number of benzene rings is 8. The van der Waals surface area contributed by atoms with E-state index < -0.39 is 11.8 Å². The zero-order chi connectivity index (χ0) is 52.4. The standard InChI is InChI=1S/2C23H17N3O3.6C2H6.Fe/c2*27-20-13-7-6-12-19(20)25-26-21-17-11-5-4-8-15(17)14-18(22(21)28)23(29)24-16-9-2-1-3-10-16;6*1-2;/h2*1-14,27-28H,(H,24,29);6*1-2H3;. The normalized spacial score (nSPS) is 9.52. The van der Waals surface area contributed by atoms with Crippen molar-refractivity contribution in [3.63, 3.8) is 0 Å². The summed E-state index contributed by atoms with van der Waals surface area (Å²) in [5, 5.41) is 66.1. The predicted molar refractivity (Wildman–Crippen MR) is 293 cm³/mol. The second-order valence-electron chi connectivity index (χ2n) is 12.7. The Labute approximate surface area is 430 Å². The molecule has 8 aromatic rings. The molecule has 0 bridgehead atoms. The number of carbonyl (C=O) groups is 2. The molecule has 0 aliphatic heterocycles. The number of carbonyl (C=O) groups excluding carboxylic acids is 2. The van der Waals surface area contributed by atoms with Crippen LogP contribution >= 0.6 is 0 Å². The van der Waals surface area contributed by atoms with Crippen molar-refractivity contribution in [2.24, 2.45) is 20.5 Å². The van der Waals surface area contributed by atoms with Crippen molar-refractivity contribution in [3.8, 4) is 23.0 Å². The molecule has 0 aliphatic carbocycles. The van der Waals surface area contributed by atoms with Crippen molar-refractivity contribution >= 4 is 67.5 Å². The van der Waals surface area contributed by atoms with Gasteiger partial charge in [-0.2, -0.15) is 0 Å². The second kappa shape index (κ2) is 36.2. The molecule has 0 fully saturated rings. The minimum absolute atomic E-state index is 0. The quantitative estimate of drug-likeness (QED) is 0.0649. The molecule has 0 saturated heterocycles. The molecule has 8 rings (SSSR count). The minimum Gasteiger partial charge on any atom is -0.506 e. The molecular weight excluding hydrogens is 933 g/mol. The number of fused-ring (bicyclic) bond motifs is 2. The molecule has 0 saturated carbocycles. The monoisotopic (exact) mass is 1000 g/mol. The van der Waals surface area contributed by atoms with E-state index in [1.165, 1.54) is 12.1 Å². The SMILES string of the molecule is CC.CC.CC.CC.CC.CC.O=C(Nc1ccccc1)c1cc2ccccc2c(N=Nc2ccccc2O)c1O.O=C(Nc1ccccc1)c1cc2ccccc2c(N=Nc2ccccc2O)c1O.[Fe]. The number of aromatic hydroxyl groups is 4. The van der Waals surface area contributed by atoms with Crippen LogP contribution in [0.1, 0.15) is 104 Å². The van der Waals surface area contributed by atoms with Crippen molar-refractivity contribution in [2.75, 3.05) is 10.6 Å². The van der Waals surface area contributed by atoms with Gasteiger partial charge < -0.3 is 31.1 Å². The molecule has 0 radical (unpaired) electrons. The van der Waals surface area contributed by atoms with E-state index in [-0.39, 0.29) is 73.9 Å². The maximum Gasteiger partial charge on any atom is 0.259 e. The van der Waals surface area contributed by atoms with Gasteiger partial charge in [-0.1, -0.05) is 192 Å². The third kappa shape index (κ3) is 18.5. The summed E-state index contributed by atoms with van der Waals surface area (Å²) in [5.41, 5.74) is 2.22. The number of rotatable bonds is 8. The summed E-state index contributed by atoms with van der Waals surface area (Å²) in [5.74, 6) is -1.54. The van der Waals surface area contributed by atoms with E-state index in [0.717, 1.165) is 10.8 Å². The van der Waals surface area contributed by atoms with Crippen LogP contribution in [0.3, 0.4) is 0 Å². The zero-order valence-corrected chi connectivity index (χ0v) is 44.0. The number of hydrogen-bond acceptors (Lipinski definition) is 10. The average Bonchev–Trinajstić information content (AvgIpc) is 3.43. The maximum absolute atomic E-state index is 12.8. The molecule has 0 aromatic heterocycles. The largest absolute Gasteiger partial charge is 0.506 e. The van der Waals surface area contributed by atoms with Crippen LogP contribution in [0, 0.1) is 0 Å². The fourth-order valence-electron chi connectivity index (χ4n) is 5.93. The molecule has 0 heterocycles. The van der Waals surface area contributed by atoms with Gasteiger partial charge in [-0.15, -0.1) is 20.5 Å². The summed E-state index contributed by atoms with van der Waals surface area (Å²) in [6, 6.07) is 48.7. The van der Waals surface area contributed by atoms with Crippen LogP contribution in [0.2, 0.25) is 0 Å². The first kappa shape index (κ1) is 63.1. The minimum atomic E-state index is -0.460. The van der Waals surface area contributed by atoms with Gasteiger partial charge in [-0.3, -0.25) is 9.59 Å². The Morgan fingerprint density at radius 3 is 0.972 bits per heavy atom. The molecular formula is C58H70FeN6O6. The van der Waals surface area contributed by atoms with Gasteiger partial charge in [0.05, 0.1) is 11.1 Å². The average molecular weight is 1000 g/mol. The molecule has 376 valence electrons. The molecule has 13 heteroatoms. The number of phenolic OH excluding ortho intramolecular Hbond substituents is 4. The second-order valence-corrected chi connectivity index (χ2v) is 12.7. The van der Waals surface area contributed by atoms with E-state index in [1.807, 2.05) is 156 Å². The van der Waals surface area contributed by atoms with Crippen LogP contribution < -0.4 is 10.6 Å². The fourth-order valence-corrected chi connectivity index (χ4v) is 5.93. The number of para-hydroxylation sites is 4. The molecule has 2 amide bonds. The van der Waals surface area contributed by atoms with Crippen LogP contribution in [-0.2, 0) is 17.1 Å². The molecule has 8 aromatic carbocycles. The van der Waals surface area contributed by atoms with Gasteiger partial charge in [-0.05, 0) is 71.4 Å². The summed E-state index contributed by atoms with van der Waals surface area (Å²) >= 11 is 0. The number of phenols is 4. The molecule has 6 N–H and O–H groups in total. The van der Waals surface area contributed by atoms with Crippen LogP contribution in [0.25, 0.3) is 21.5 Å². The number of azo groups is 2. The molecule has 0 spiro atoms. The van der Waals surface area contributed by atoms with E-state index >= 15 is 0 Å². The van der Waals surface area contributed by atoms with Gasteiger partial charge >= 0.3 is 0 Å². The van der Waals surface area contributed by atoms with Crippen molar-refractivity contribution < 1.29 is 47.1 Å². The topological polar surface area (TPSA) is 189 Å². The Kier molecular flexibility index (Phi) is 32.2. The summed E-state index contributed by atoms with van der Waals surface area (Å²) in [6.45, 7) is 24.0. The van der Waals surface area contributed by atoms with Crippen molar-refractivity contribution in [2.45, 2.75) is 83.1 Å². The first-order valence-corrected chi connectivity index (χ1v) is 23.9. The summed E-state index contributed by atoms with van der Waals surface area (Å²) in [7, 11) is 0. The number of anilines is 2. The molecule has 0 aliphatic rings. The Morgan fingerprint density at radius 2 is 0.648 bits per heavy atom.